The summed E-state index contributed by atoms with van der Waals surface area (Å²) in [5.41, 5.74) is 2.62. The zero-order chi connectivity index (χ0) is 22.1. The van der Waals surface area contributed by atoms with Crippen LogP contribution in [0.15, 0.2) is 46.9 Å². The molecule has 2 N–H and O–H groups in total. The largest absolute Gasteiger partial charge is 0.478 e. The first kappa shape index (κ1) is 19.5. The maximum atomic E-state index is 12.4. The summed E-state index contributed by atoms with van der Waals surface area (Å²) in [6.45, 7) is 1.47. The third kappa shape index (κ3) is 3.11. The number of oxazole rings is 1. The molecule has 1 aliphatic heterocycles. The zero-order valence-corrected chi connectivity index (χ0v) is 17.6. The normalized spacial score (nSPS) is 22.8. The van der Waals surface area contributed by atoms with Crippen LogP contribution in [0.3, 0.4) is 0 Å². The third-order valence-corrected chi connectivity index (χ3v) is 7.55. The van der Waals surface area contributed by atoms with Crippen LogP contribution in [0.4, 0.5) is 0 Å². The number of aromatic carboxylic acids is 1. The molecule has 6 rings (SSSR count). The molecule has 2 saturated carbocycles. The summed E-state index contributed by atoms with van der Waals surface area (Å²) in [5.74, 6) is -0.0992. The minimum absolute atomic E-state index is 0.0808. The fourth-order valence-corrected chi connectivity index (χ4v) is 5.19. The number of carbonyl (C=O) groups excluding carboxylic acids is 1. The van der Waals surface area contributed by atoms with Gasteiger partial charge in [0, 0.05) is 18.7 Å². The molecule has 7 heteroatoms. The number of aliphatic hydroxyl groups is 1. The molecule has 164 valence electrons. The molecule has 1 amide bonds. The molecular formula is C25H24N2O5. The van der Waals surface area contributed by atoms with E-state index in [4.69, 9.17) is 9.52 Å². The topological polar surface area (TPSA) is 104 Å². The van der Waals surface area contributed by atoms with Gasteiger partial charge >= 0.3 is 5.97 Å². The van der Waals surface area contributed by atoms with Crippen molar-refractivity contribution in [1.29, 1.82) is 0 Å². The van der Waals surface area contributed by atoms with Crippen LogP contribution < -0.4 is 0 Å². The van der Waals surface area contributed by atoms with E-state index in [1.807, 2.05) is 17.0 Å². The number of aromatic nitrogens is 1. The number of hydrogen-bond acceptors (Lipinski definition) is 5. The highest BCUT2D eigenvalue weighted by atomic mass is 16.4. The highest BCUT2D eigenvalue weighted by Crippen LogP contribution is 2.65. The minimum atomic E-state index is -1.07. The van der Waals surface area contributed by atoms with E-state index in [9.17, 15) is 14.7 Å². The van der Waals surface area contributed by atoms with Gasteiger partial charge in [0.25, 0.3) is 5.91 Å². The van der Waals surface area contributed by atoms with Crippen LogP contribution in [0.2, 0.25) is 0 Å². The van der Waals surface area contributed by atoms with E-state index < -0.39 is 11.6 Å². The van der Waals surface area contributed by atoms with Crippen molar-refractivity contribution in [2.75, 3.05) is 13.1 Å². The Labute approximate surface area is 184 Å². The molecule has 0 bridgehead atoms. The number of likely N-dealkylation sites (tertiary alicyclic amines) is 1. The summed E-state index contributed by atoms with van der Waals surface area (Å²) in [6, 6.07) is 12.9. The number of piperidine rings is 1. The number of carbonyl (C=O) groups is 2. The van der Waals surface area contributed by atoms with Crippen LogP contribution in [-0.2, 0) is 4.79 Å². The van der Waals surface area contributed by atoms with E-state index in [0.29, 0.717) is 35.7 Å². The fraction of sp³-hybridized carbons (Fsp3) is 0.400. The summed E-state index contributed by atoms with van der Waals surface area (Å²) in [5, 5.41) is 19.2. The predicted octanol–water partition coefficient (Wildman–Crippen LogP) is 3.81. The molecule has 2 heterocycles. The van der Waals surface area contributed by atoms with Gasteiger partial charge in [-0.15, -0.1) is 0 Å². The lowest BCUT2D eigenvalue weighted by Crippen LogP contribution is -2.45. The predicted molar refractivity (Wildman–Crippen MR) is 116 cm³/mol. The van der Waals surface area contributed by atoms with Crippen molar-refractivity contribution in [1.82, 2.24) is 9.88 Å². The van der Waals surface area contributed by atoms with Crippen molar-refractivity contribution >= 4 is 23.0 Å². The molecular weight excluding hydrogens is 408 g/mol. The maximum absolute atomic E-state index is 12.4. The molecule has 3 aliphatic rings. The fourth-order valence-electron chi connectivity index (χ4n) is 5.19. The van der Waals surface area contributed by atoms with Crippen LogP contribution in [0.1, 0.15) is 53.9 Å². The Bertz CT molecular complexity index is 1230. The lowest BCUT2D eigenvalue weighted by Gasteiger charge is -2.34. The number of amides is 1. The summed E-state index contributed by atoms with van der Waals surface area (Å²) >= 11 is 0. The quantitative estimate of drug-likeness (QED) is 0.650. The van der Waals surface area contributed by atoms with Gasteiger partial charge in [-0.2, -0.15) is 0 Å². The van der Waals surface area contributed by atoms with Gasteiger partial charge in [0.15, 0.2) is 5.58 Å². The molecule has 32 heavy (non-hydrogen) atoms. The number of carboxylic acids is 1. The first-order valence-electron chi connectivity index (χ1n) is 11.1. The Morgan fingerprint density at radius 1 is 1.03 bits per heavy atom. The van der Waals surface area contributed by atoms with Crippen molar-refractivity contribution < 1.29 is 24.2 Å². The molecule has 1 saturated heterocycles. The van der Waals surface area contributed by atoms with E-state index in [0.717, 1.165) is 37.9 Å². The van der Waals surface area contributed by atoms with Crippen molar-refractivity contribution in [3.05, 3.63) is 53.6 Å². The maximum Gasteiger partial charge on any atom is 0.335 e. The molecule has 7 nitrogen and oxygen atoms in total. The molecule has 0 radical (unpaired) electrons. The molecule has 1 aromatic heterocycles. The van der Waals surface area contributed by atoms with Gasteiger partial charge in [-0.05, 0) is 79.3 Å². The van der Waals surface area contributed by atoms with Crippen LogP contribution in [0.25, 0.3) is 22.6 Å². The molecule has 1 atom stereocenters. The Kier molecular flexibility index (Phi) is 4.05. The van der Waals surface area contributed by atoms with Crippen molar-refractivity contribution in [3.8, 4) is 11.5 Å². The molecule has 2 aromatic carbocycles. The standard InChI is InChI=1S/C25H24N2O5/c28-22(29)17-5-6-19-20(13-17)32-21(26-19)16-3-1-15(2-4-16)18-14-24(18)9-11-27(12-10-24)23(30)25(31)7-8-25/h1-6,13,18,31H,7-12,14H2,(H,28,29). The van der Waals surface area contributed by atoms with Crippen LogP contribution in [0, 0.1) is 5.41 Å². The monoisotopic (exact) mass is 432 g/mol. The lowest BCUT2D eigenvalue weighted by atomic mass is 9.88. The smallest absolute Gasteiger partial charge is 0.335 e. The average molecular weight is 432 g/mol. The molecule has 2 aliphatic carbocycles. The number of fused-ring (bicyclic) bond motifs is 1. The van der Waals surface area contributed by atoms with Crippen molar-refractivity contribution in [2.24, 2.45) is 5.41 Å². The molecule has 1 unspecified atom stereocenters. The highest BCUT2D eigenvalue weighted by Gasteiger charge is 2.57. The third-order valence-electron chi connectivity index (χ3n) is 7.55. The van der Waals surface area contributed by atoms with Gasteiger partial charge in [-0.3, -0.25) is 4.79 Å². The number of benzene rings is 2. The van der Waals surface area contributed by atoms with Crippen LogP contribution in [-0.4, -0.2) is 50.7 Å². The van der Waals surface area contributed by atoms with Crippen LogP contribution >= 0.6 is 0 Å². The summed E-state index contributed by atoms with van der Waals surface area (Å²) in [7, 11) is 0. The van der Waals surface area contributed by atoms with Gasteiger partial charge in [0.1, 0.15) is 11.1 Å². The van der Waals surface area contributed by atoms with E-state index in [1.54, 1.807) is 6.07 Å². The Hall–Kier alpha value is -3.19. The van der Waals surface area contributed by atoms with Gasteiger partial charge < -0.3 is 19.5 Å². The first-order chi connectivity index (χ1) is 15.4. The van der Waals surface area contributed by atoms with Crippen molar-refractivity contribution in [3.63, 3.8) is 0 Å². The summed E-state index contributed by atoms with van der Waals surface area (Å²) in [4.78, 5) is 29.9. The van der Waals surface area contributed by atoms with E-state index in [2.05, 4.69) is 17.1 Å². The second kappa shape index (κ2) is 6.65. The number of nitrogens with zero attached hydrogens (tertiary/aromatic N) is 2. The second-order valence-electron chi connectivity index (χ2n) is 9.57. The lowest BCUT2D eigenvalue weighted by molar-refractivity contribution is -0.144. The average Bonchev–Trinajstić information content (AvgIpc) is 3.67. The summed E-state index contributed by atoms with van der Waals surface area (Å²) in [6.07, 6.45) is 4.31. The SMILES string of the molecule is O=C(O)c1ccc2nc(-c3ccc(C4CC45CCN(C(=O)C4(O)CC4)CC5)cc3)oc2c1. The van der Waals surface area contributed by atoms with E-state index >= 15 is 0 Å². The second-order valence-corrected chi connectivity index (χ2v) is 9.57. The number of hydrogen-bond donors (Lipinski definition) is 2. The zero-order valence-electron chi connectivity index (χ0n) is 17.6. The highest BCUT2D eigenvalue weighted by molar-refractivity contribution is 5.92. The van der Waals surface area contributed by atoms with Gasteiger partial charge in [-0.1, -0.05) is 12.1 Å². The van der Waals surface area contributed by atoms with Gasteiger partial charge in [0.05, 0.1) is 5.56 Å². The van der Waals surface area contributed by atoms with Gasteiger partial charge in [-0.25, -0.2) is 9.78 Å². The Morgan fingerprint density at radius 3 is 2.41 bits per heavy atom. The molecule has 1 spiro atoms. The minimum Gasteiger partial charge on any atom is -0.478 e. The summed E-state index contributed by atoms with van der Waals surface area (Å²) < 4.78 is 5.81. The van der Waals surface area contributed by atoms with Gasteiger partial charge in [0.2, 0.25) is 5.89 Å². The van der Waals surface area contributed by atoms with Crippen LogP contribution in [0.5, 0.6) is 0 Å². The number of carboxylic acid groups (broad SMARTS) is 1. The first-order valence-corrected chi connectivity index (χ1v) is 11.1. The molecule has 3 aromatic rings. The molecule has 3 fully saturated rings. The van der Waals surface area contributed by atoms with E-state index in [1.165, 1.54) is 17.7 Å². The Morgan fingerprint density at radius 2 is 1.75 bits per heavy atom. The number of rotatable bonds is 4. The van der Waals surface area contributed by atoms with Crippen molar-refractivity contribution in [2.45, 2.75) is 43.6 Å². The Balaban J connectivity index is 1.15. The van der Waals surface area contributed by atoms with E-state index in [-0.39, 0.29) is 16.9 Å².